The highest BCUT2D eigenvalue weighted by atomic mass is 16.5. The van der Waals surface area contributed by atoms with Gasteiger partial charge in [0.2, 0.25) is 0 Å². The van der Waals surface area contributed by atoms with Crippen LogP contribution in [0.2, 0.25) is 0 Å². The maximum atomic E-state index is 6.27. The molecule has 2 aromatic rings. The zero-order valence-corrected chi connectivity index (χ0v) is 16.8. The number of benzene rings is 2. The zero-order chi connectivity index (χ0) is 19.8. The lowest BCUT2D eigenvalue weighted by Crippen LogP contribution is -2.45. The molecule has 0 amide bonds. The molecule has 1 N–H and O–H groups in total. The molecule has 5 heteroatoms. The summed E-state index contributed by atoms with van der Waals surface area (Å²) in [5.41, 5.74) is 2.24. The topological polar surface area (TPSA) is 43.0 Å². The van der Waals surface area contributed by atoms with E-state index >= 15 is 0 Å². The molecule has 0 bridgehead atoms. The Morgan fingerprint density at radius 2 is 1.71 bits per heavy atom. The minimum absolute atomic E-state index is 0.185. The molecule has 5 nitrogen and oxygen atoms in total. The summed E-state index contributed by atoms with van der Waals surface area (Å²) in [4.78, 5) is 2.48. The van der Waals surface area contributed by atoms with Crippen molar-refractivity contribution in [1.29, 1.82) is 0 Å². The van der Waals surface area contributed by atoms with Crippen LogP contribution in [0.15, 0.2) is 55.1 Å². The number of hydrogen-bond acceptors (Lipinski definition) is 5. The van der Waals surface area contributed by atoms with Crippen LogP contribution in [0.3, 0.4) is 0 Å². The van der Waals surface area contributed by atoms with Gasteiger partial charge in [0.05, 0.1) is 14.2 Å². The second-order valence-corrected chi connectivity index (χ2v) is 6.85. The van der Waals surface area contributed by atoms with E-state index in [0.717, 1.165) is 49.5 Å². The van der Waals surface area contributed by atoms with Crippen molar-refractivity contribution in [2.24, 2.45) is 0 Å². The van der Waals surface area contributed by atoms with Gasteiger partial charge in [-0.1, -0.05) is 36.4 Å². The third kappa shape index (κ3) is 4.86. The lowest BCUT2D eigenvalue weighted by atomic mass is 9.99. The Labute approximate surface area is 167 Å². The van der Waals surface area contributed by atoms with Crippen LogP contribution in [0.1, 0.15) is 23.6 Å². The van der Waals surface area contributed by atoms with Gasteiger partial charge in [0, 0.05) is 43.9 Å². The molecule has 0 aromatic heterocycles. The minimum atomic E-state index is 0.185. The summed E-state index contributed by atoms with van der Waals surface area (Å²) in [5.74, 6) is 2.22. The summed E-state index contributed by atoms with van der Waals surface area (Å²) in [6.07, 6.45) is 2.82. The van der Waals surface area contributed by atoms with Gasteiger partial charge in [0.25, 0.3) is 0 Å². The molecule has 0 spiro atoms. The number of piperazine rings is 1. The Hall–Kier alpha value is -2.50. The number of nitrogens with one attached hydrogen (secondary N) is 1. The van der Waals surface area contributed by atoms with Crippen LogP contribution in [0.4, 0.5) is 0 Å². The Bertz CT molecular complexity index is 758. The Kier molecular flexibility index (Phi) is 7.34. The van der Waals surface area contributed by atoms with Gasteiger partial charge in [0.1, 0.15) is 12.4 Å². The van der Waals surface area contributed by atoms with Crippen LogP contribution >= 0.6 is 0 Å². The predicted octanol–water partition coefficient (Wildman–Crippen LogP) is 3.81. The number of hydrogen-bond donors (Lipinski definition) is 1. The van der Waals surface area contributed by atoms with E-state index in [9.17, 15) is 0 Å². The maximum Gasteiger partial charge on any atom is 0.164 e. The summed E-state index contributed by atoms with van der Waals surface area (Å²) < 4.78 is 17.4. The molecule has 1 heterocycles. The van der Waals surface area contributed by atoms with Crippen molar-refractivity contribution in [3.63, 3.8) is 0 Å². The molecule has 2 aromatic carbocycles. The van der Waals surface area contributed by atoms with Gasteiger partial charge >= 0.3 is 0 Å². The average molecular weight is 383 g/mol. The fourth-order valence-corrected chi connectivity index (χ4v) is 3.62. The van der Waals surface area contributed by atoms with Crippen LogP contribution in [-0.4, -0.2) is 45.3 Å². The highest BCUT2D eigenvalue weighted by Gasteiger charge is 2.26. The van der Waals surface area contributed by atoms with Gasteiger partial charge in [-0.25, -0.2) is 0 Å². The van der Waals surface area contributed by atoms with E-state index in [0.29, 0.717) is 18.1 Å². The smallest absolute Gasteiger partial charge is 0.164 e. The standard InChI is InChI=1S/C23H30N2O3/c1-4-8-20(25-13-11-24-12-14-25)19-15-22(26-2)23(27-3)16-21(19)28-17-18-9-6-5-7-10-18/h4-7,9-10,15-16,20,24H,1,8,11-14,17H2,2-3H3/t20-/m1/s1. The molecule has 0 unspecified atom stereocenters. The lowest BCUT2D eigenvalue weighted by molar-refractivity contribution is 0.169. The molecule has 1 aliphatic rings. The summed E-state index contributed by atoms with van der Waals surface area (Å²) in [7, 11) is 3.31. The maximum absolute atomic E-state index is 6.27. The van der Waals surface area contributed by atoms with E-state index in [1.165, 1.54) is 0 Å². The zero-order valence-electron chi connectivity index (χ0n) is 16.8. The molecular formula is C23H30N2O3. The quantitative estimate of drug-likeness (QED) is 0.668. The predicted molar refractivity (Wildman–Crippen MR) is 112 cm³/mol. The van der Waals surface area contributed by atoms with Crippen molar-refractivity contribution in [2.75, 3.05) is 40.4 Å². The van der Waals surface area contributed by atoms with Crippen LogP contribution < -0.4 is 19.5 Å². The molecule has 1 atom stereocenters. The van der Waals surface area contributed by atoms with Gasteiger partial charge in [-0.2, -0.15) is 0 Å². The van der Waals surface area contributed by atoms with Gasteiger partial charge in [-0.3, -0.25) is 4.90 Å². The highest BCUT2D eigenvalue weighted by molar-refractivity contribution is 5.52. The molecule has 150 valence electrons. The Morgan fingerprint density at radius 1 is 1.04 bits per heavy atom. The lowest BCUT2D eigenvalue weighted by Gasteiger charge is -2.35. The van der Waals surface area contributed by atoms with Crippen molar-refractivity contribution >= 4 is 0 Å². The normalized spacial score (nSPS) is 15.6. The van der Waals surface area contributed by atoms with Crippen LogP contribution in [0.5, 0.6) is 17.2 Å². The summed E-state index contributed by atoms with van der Waals surface area (Å²) in [6, 6.07) is 14.4. The van der Waals surface area contributed by atoms with E-state index in [1.54, 1.807) is 14.2 Å². The van der Waals surface area contributed by atoms with Gasteiger partial charge in [-0.05, 0) is 18.1 Å². The molecular weight excluding hydrogens is 352 g/mol. The molecule has 1 fully saturated rings. The molecule has 0 radical (unpaired) electrons. The van der Waals surface area contributed by atoms with Crippen molar-refractivity contribution < 1.29 is 14.2 Å². The Balaban J connectivity index is 1.96. The first-order valence-corrected chi connectivity index (χ1v) is 9.75. The number of rotatable bonds is 9. The minimum Gasteiger partial charge on any atom is -0.493 e. The van der Waals surface area contributed by atoms with Crippen LogP contribution in [0.25, 0.3) is 0 Å². The Morgan fingerprint density at radius 3 is 2.36 bits per heavy atom. The van der Waals surface area contributed by atoms with Crippen molar-refractivity contribution in [3.05, 3.63) is 66.2 Å². The van der Waals surface area contributed by atoms with E-state index < -0.39 is 0 Å². The molecule has 28 heavy (non-hydrogen) atoms. The first kappa shape index (κ1) is 20.2. The van der Waals surface area contributed by atoms with Crippen molar-refractivity contribution in [2.45, 2.75) is 19.1 Å². The SMILES string of the molecule is C=CC[C@H](c1cc(OC)c(OC)cc1OCc1ccccc1)N1CCNCC1. The van der Waals surface area contributed by atoms with Gasteiger partial charge < -0.3 is 19.5 Å². The second-order valence-electron chi connectivity index (χ2n) is 6.85. The van der Waals surface area contributed by atoms with Crippen molar-refractivity contribution in [3.8, 4) is 17.2 Å². The first-order valence-electron chi connectivity index (χ1n) is 9.75. The largest absolute Gasteiger partial charge is 0.493 e. The van der Waals surface area contributed by atoms with Gasteiger partial charge in [0.15, 0.2) is 11.5 Å². The summed E-state index contributed by atoms with van der Waals surface area (Å²) >= 11 is 0. The first-order chi connectivity index (χ1) is 13.8. The fourth-order valence-electron chi connectivity index (χ4n) is 3.62. The highest BCUT2D eigenvalue weighted by Crippen LogP contribution is 2.41. The molecule has 3 rings (SSSR count). The van der Waals surface area contributed by atoms with E-state index in [-0.39, 0.29) is 6.04 Å². The van der Waals surface area contributed by atoms with E-state index in [2.05, 4.69) is 35.0 Å². The number of methoxy groups -OCH3 is 2. The second kappa shape index (κ2) is 10.2. The molecule has 0 aliphatic carbocycles. The van der Waals surface area contributed by atoms with E-state index in [4.69, 9.17) is 14.2 Å². The fraction of sp³-hybridized carbons (Fsp3) is 0.391. The molecule has 0 saturated carbocycles. The van der Waals surface area contributed by atoms with Crippen molar-refractivity contribution in [1.82, 2.24) is 10.2 Å². The molecule has 1 saturated heterocycles. The van der Waals surface area contributed by atoms with Gasteiger partial charge in [-0.15, -0.1) is 6.58 Å². The van der Waals surface area contributed by atoms with E-state index in [1.807, 2.05) is 30.3 Å². The summed E-state index contributed by atoms with van der Waals surface area (Å²) in [6.45, 7) is 8.44. The van der Waals surface area contributed by atoms with Crippen LogP contribution in [0, 0.1) is 0 Å². The molecule has 1 aliphatic heterocycles. The number of ether oxygens (including phenoxy) is 3. The van der Waals surface area contributed by atoms with Crippen LogP contribution in [-0.2, 0) is 6.61 Å². The average Bonchev–Trinajstić information content (AvgIpc) is 2.77. The number of nitrogens with zero attached hydrogens (tertiary/aromatic N) is 1. The summed E-state index contributed by atoms with van der Waals surface area (Å²) in [5, 5.41) is 3.42. The third-order valence-corrected chi connectivity index (χ3v) is 5.09. The third-order valence-electron chi connectivity index (χ3n) is 5.09. The monoisotopic (exact) mass is 382 g/mol.